The molecule has 12 nitrogen and oxygen atoms in total. The van der Waals surface area contributed by atoms with Crippen LogP contribution in [0.4, 0.5) is 10.6 Å². The van der Waals surface area contributed by atoms with Crippen LogP contribution in [0.5, 0.6) is 5.88 Å². The Morgan fingerprint density at radius 3 is 2.67 bits per heavy atom. The van der Waals surface area contributed by atoms with Gasteiger partial charge in [0.05, 0.1) is 25.1 Å². The van der Waals surface area contributed by atoms with Crippen LogP contribution in [0, 0.1) is 24.3 Å². The number of anilines is 1. The topological polar surface area (TPSA) is 146 Å². The molecule has 2 aromatic heterocycles. The van der Waals surface area contributed by atoms with Crippen molar-refractivity contribution in [3.63, 3.8) is 0 Å². The summed E-state index contributed by atoms with van der Waals surface area (Å²) in [4.78, 5) is 32.2. The number of rotatable bonds is 9. The molecule has 39 heavy (non-hydrogen) atoms. The molecule has 1 saturated heterocycles. The Kier molecular flexibility index (Phi) is 8.75. The summed E-state index contributed by atoms with van der Waals surface area (Å²) in [7, 11) is 3.07. The highest BCUT2D eigenvalue weighted by atomic mass is 16.5. The van der Waals surface area contributed by atoms with Crippen molar-refractivity contribution in [2.45, 2.75) is 19.9 Å². The van der Waals surface area contributed by atoms with Crippen molar-refractivity contribution < 1.29 is 19.1 Å². The molecule has 0 spiro atoms. The number of pyridine rings is 1. The Hall–Kier alpha value is -4.47. The summed E-state index contributed by atoms with van der Waals surface area (Å²) < 4.78 is 12.0. The van der Waals surface area contributed by atoms with Crippen LogP contribution in [0.1, 0.15) is 22.8 Å². The summed E-state index contributed by atoms with van der Waals surface area (Å²) in [6.45, 7) is 7.03. The summed E-state index contributed by atoms with van der Waals surface area (Å²) in [6, 6.07) is 10.6. The van der Waals surface area contributed by atoms with Gasteiger partial charge in [0.25, 0.3) is 5.91 Å². The number of nitrogens with zero attached hydrogens (tertiary/aromatic N) is 5. The van der Waals surface area contributed by atoms with E-state index in [-0.39, 0.29) is 29.4 Å². The second-order valence-electron chi connectivity index (χ2n) is 9.35. The van der Waals surface area contributed by atoms with Gasteiger partial charge in [0.2, 0.25) is 5.88 Å². The van der Waals surface area contributed by atoms with E-state index in [0.29, 0.717) is 29.2 Å². The molecule has 0 aliphatic carbocycles. The van der Waals surface area contributed by atoms with E-state index in [0.717, 1.165) is 25.3 Å². The van der Waals surface area contributed by atoms with E-state index in [1.165, 1.54) is 13.3 Å². The SMILES string of the molecule is COCCN1C[C@@H](C)[C@H](NC(=O)Nc2c(C)c(-c3cnc(OC)c(C(=O)NC#N)c3)nn2-c2ccccc2)C1. The number of likely N-dealkylation sites (tertiary alicyclic amines) is 1. The Balaban J connectivity index is 1.65. The number of hydrogen-bond donors (Lipinski definition) is 3. The van der Waals surface area contributed by atoms with Crippen LogP contribution in [0.25, 0.3) is 16.9 Å². The number of carbonyl (C=O) groups is 2. The molecule has 0 saturated carbocycles. The normalized spacial score (nSPS) is 16.9. The van der Waals surface area contributed by atoms with E-state index in [1.54, 1.807) is 24.1 Å². The van der Waals surface area contributed by atoms with Gasteiger partial charge in [0.15, 0.2) is 6.19 Å². The quantitative estimate of drug-likeness (QED) is 0.281. The zero-order valence-electron chi connectivity index (χ0n) is 22.4. The minimum absolute atomic E-state index is 0.0123. The maximum absolute atomic E-state index is 13.2. The Morgan fingerprint density at radius 1 is 1.21 bits per heavy atom. The molecular formula is C27H32N8O4. The van der Waals surface area contributed by atoms with Crippen molar-refractivity contribution in [2.24, 2.45) is 5.92 Å². The molecule has 1 aliphatic heterocycles. The maximum atomic E-state index is 13.2. The molecule has 12 heteroatoms. The highest BCUT2D eigenvalue weighted by Gasteiger charge is 2.31. The van der Waals surface area contributed by atoms with Gasteiger partial charge >= 0.3 is 6.03 Å². The smallest absolute Gasteiger partial charge is 0.320 e. The average Bonchev–Trinajstić information content (AvgIpc) is 3.46. The first-order valence-electron chi connectivity index (χ1n) is 12.5. The van der Waals surface area contributed by atoms with Gasteiger partial charge in [0, 0.05) is 50.1 Å². The van der Waals surface area contributed by atoms with E-state index in [4.69, 9.17) is 19.8 Å². The summed E-state index contributed by atoms with van der Waals surface area (Å²) in [5.74, 6) is 0.197. The lowest BCUT2D eigenvalue weighted by Crippen LogP contribution is -2.42. The van der Waals surface area contributed by atoms with Crippen LogP contribution >= 0.6 is 0 Å². The predicted molar refractivity (Wildman–Crippen MR) is 145 cm³/mol. The van der Waals surface area contributed by atoms with Crippen LogP contribution in [0.15, 0.2) is 42.6 Å². The number of nitriles is 1. The van der Waals surface area contributed by atoms with Gasteiger partial charge < -0.3 is 14.8 Å². The highest BCUT2D eigenvalue weighted by Crippen LogP contribution is 2.32. The summed E-state index contributed by atoms with van der Waals surface area (Å²) in [5, 5.41) is 21.9. The Labute approximate surface area is 226 Å². The number of para-hydroxylation sites is 1. The predicted octanol–water partition coefficient (Wildman–Crippen LogP) is 2.55. The molecule has 0 unspecified atom stereocenters. The molecule has 3 aromatic rings. The van der Waals surface area contributed by atoms with Crippen molar-refractivity contribution in [3.05, 3.63) is 53.7 Å². The summed E-state index contributed by atoms with van der Waals surface area (Å²) in [5.41, 5.74) is 2.54. The van der Waals surface area contributed by atoms with Gasteiger partial charge in [-0.15, -0.1) is 0 Å². The second kappa shape index (κ2) is 12.4. The lowest BCUT2D eigenvalue weighted by molar-refractivity contribution is 0.0969. The molecule has 0 bridgehead atoms. The van der Waals surface area contributed by atoms with Crippen LogP contribution in [-0.2, 0) is 4.74 Å². The molecule has 3 heterocycles. The zero-order chi connectivity index (χ0) is 27.9. The molecule has 4 rings (SSSR count). The van der Waals surface area contributed by atoms with E-state index in [2.05, 4.69) is 32.8 Å². The van der Waals surface area contributed by atoms with Crippen molar-refractivity contribution in [1.82, 2.24) is 30.3 Å². The zero-order valence-corrected chi connectivity index (χ0v) is 22.4. The lowest BCUT2D eigenvalue weighted by Gasteiger charge is -2.18. The van der Waals surface area contributed by atoms with Crippen molar-refractivity contribution in [1.29, 1.82) is 5.26 Å². The monoisotopic (exact) mass is 532 g/mol. The molecular weight excluding hydrogens is 500 g/mol. The number of hydrogen-bond acceptors (Lipinski definition) is 8. The number of urea groups is 1. The second-order valence-corrected chi connectivity index (χ2v) is 9.35. The number of ether oxygens (including phenoxy) is 2. The number of nitrogens with one attached hydrogen (secondary N) is 3. The van der Waals surface area contributed by atoms with Crippen LogP contribution in [-0.4, -0.2) is 78.1 Å². The molecule has 3 amide bonds. The third kappa shape index (κ3) is 6.17. The minimum atomic E-state index is -0.646. The van der Waals surface area contributed by atoms with E-state index in [9.17, 15) is 9.59 Å². The fourth-order valence-electron chi connectivity index (χ4n) is 4.67. The largest absolute Gasteiger partial charge is 0.480 e. The molecule has 1 aromatic carbocycles. The maximum Gasteiger partial charge on any atom is 0.320 e. The first kappa shape index (κ1) is 27.6. The highest BCUT2D eigenvalue weighted by molar-refractivity contribution is 5.98. The summed E-state index contributed by atoms with van der Waals surface area (Å²) >= 11 is 0. The molecule has 0 radical (unpaired) electrons. The van der Waals surface area contributed by atoms with Gasteiger partial charge in [-0.1, -0.05) is 25.1 Å². The molecule has 204 valence electrons. The molecule has 2 atom stereocenters. The first-order valence-corrected chi connectivity index (χ1v) is 12.5. The van der Waals surface area contributed by atoms with E-state index >= 15 is 0 Å². The molecule has 1 aliphatic rings. The fraction of sp³-hybridized carbons (Fsp3) is 0.370. The molecule has 1 fully saturated rings. The third-order valence-corrected chi connectivity index (χ3v) is 6.70. The van der Waals surface area contributed by atoms with Gasteiger partial charge in [0.1, 0.15) is 11.4 Å². The minimum Gasteiger partial charge on any atom is -0.480 e. The first-order chi connectivity index (χ1) is 18.9. The van der Waals surface area contributed by atoms with Crippen molar-refractivity contribution in [2.75, 3.05) is 45.8 Å². The van der Waals surface area contributed by atoms with E-state index in [1.807, 2.05) is 37.3 Å². The average molecular weight is 533 g/mol. The van der Waals surface area contributed by atoms with Crippen LogP contribution < -0.4 is 20.7 Å². The van der Waals surface area contributed by atoms with Crippen LogP contribution in [0.3, 0.4) is 0 Å². The van der Waals surface area contributed by atoms with Gasteiger partial charge in [-0.2, -0.15) is 10.4 Å². The van der Waals surface area contributed by atoms with E-state index < -0.39 is 5.91 Å². The van der Waals surface area contributed by atoms with Crippen LogP contribution in [0.2, 0.25) is 0 Å². The fourth-order valence-corrected chi connectivity index (χ4v) is 4.67. The summed E-state index contributed by atoms with van der Waals surface area (Å²) in [6.07, 6.45) is 3.16. The number of methoxy groups -OCH3 is 2. The number of benzene rings is 1. The van der Waals surface area contributed by atoms with Gasteiger partial charge in [-0.3, -0.25) is 20.3 Å². The van der Waals surface area contributed by atoms with Crippen molar-refractivity contribution in [3.8, 4) is 29.0 Å². The lowest BCUT2D eigenvalue weighted by atomic mass is 10.1. The standard InChI is InChI=1S/C27H32N8O4/c1-17-14-34(10-11-38-3)15-22(17)31-27(37)32-24-18(2)23(33-35(24)20-8-6-5-7-9-20)19-12-21(25(36)30-16-28)26(39-4)29-13-19/h5-9,12-13,17,22H,10-11,14-15H2,1-4H3,(H,30,36)(H2,31,32,37)/t17-,22-/m1/s1. The Morgan fingerprint density at radius 2 is 1.97 bits per heavy atom. The third-order valence-electron chi connectivity index (χ3n) is 6.70. The molecule has 3 N–H and O–H groups in total. The number of aromatic nitrogens is 3. The number of carbonyl (C=O) groups excluding carboxylic acids is 2. The number of amides is 3. The van der Waals surface area contributed by atoms with Gasteiger partial charge in [-0.05, 0) is 31.0 Å². The van der Waals surface area contributed by atoms with Gasteiger partial charge in [-0.25, -0.2) is 14.5 Å². The Bertz CT molecular complexity index is 1370. The van der Waals surface area contributed by atoms with Crippen molar-refractivity contribution >= 4 is 17.8 Å².